The molecule has 9 heteroatoms. The van der Waals surface area contributed by atoms with E-state index in [0.717, 1.165) is 17.1 Å². The van der Waals surface area contributed by atoms with E-state index >= 15 is 0 Å². The number of aromatic nitrogens is 3. The van der Waals surface area contributed by atoms with E-state index in [4.69, 9.17) is 14.0 Å². The van der Waals surface area contributed by atoms with Gasteiger partial charge in [-0.25, -0.2) is 9.48 Å². The van der Waals surface area contributed by atoms with Crippen molar-refractivity contribution in [3.63, 3.8) is 0 Å². The van der Waals surface area contributed by atoms with Gasteiger partial charge in [-0.05, 0) is 38.1 Å². The number of ether oxygens (including phenoxy) is 2. The molecule has 2 aromatic heterocycles. The van der Waals surface area contributed by atoms with Crippen LogP contribution in [-0.2, 0) is 17.7 Å². The van der Waals surface area contributed by atoms with Gasteiger partial charge in [0.2, 0.25) is 0 Å². The van der Waals surface area contributed by atoms with Crippen molar-refractivity contribution in [2.45, 2.75) is 26.8 Å². The fourth-order valence-corrected chi connectivity index (χ4v) is 3.52. The predicted octanol–water partition coefficient (Wildman–Crippen LogP) is 2.55. The van der Waals surface area contributed by atoms with Gasteiger partial charge in [0.25, 0.3) is 5.91 Å². The number of hydrogen-bond acceptors (Lipinski definition) is 7. The molecule has 9 nitrogen and oxygen atoms in total. The first-order chi connectivity index (χ1) is 14.5. The molecule has 0 saturated heterocycles. The first-order valence-electron chi connectivity index (χ1n) is 9.66. The highest BCUT2D eigenvalue weighted by molar-refractivity contribution is 5.93. The molecule has 1 aliphatic rings. The van der Waals surface area contributed by atoms with Gasteiger partial charge in [-0.3, -0.25) is 4.79 Å². The van der Waals surface area contributed by atoms with Gasteiger partial charge in [-0.15, -0.1) is 0 Å². The van der Waals surface area contributed by atoms with Gasteiger partial charge in [0, 0.05) is 24.6 Å². The summed E-state index contributed by atoms with van der Waals surface area (Å²) in [6.45, 7) is 4.43. The fraction of sp³-hybridized carbons (Fsp3) is 0.333. The summed E-state index contributed by atoms with van der Waals surface area (Å²) in [6, 6.07) is 9.01. The van der Waals surface area contributed by atoms with Gasteiger partial charge >= 0.3 is 5.97 Å². The maximum atomic E-state index is 12.8. The number of amides is 1. The Morgan fingerprint density at radius 2 is 2.00 bits per heavy atom. The van der Waals surface area contributed by atoms with E-state index in [1.807, 2.05) is 24.3 Å². The van der Waals surface area contributed by atoms with Crippen LogP contribution >= 0.6 is 0 Å². The fourth-order valence-electron chi connectivity index (χ4n) is 3.52. The van der Waals surface area contributed by atoms with Crippen molar-refractivity contribution in [2.75, 3.05) is 20.3 Å². The molecule has 0 fully saturated rings. The molecular formula is C21H22N4O5. The zero-order valence-corrected chi connectivity index (χ0v) is 17.0. The lowest BCUT2D eigenvalue weighted by Gasteiger charge is -2.27. The van der Waals surface area contributed by atoms with E-state index < -0.39 is 5.97 Å². The third-order valence-corrected chi connectivity index (χ3v) is 4.98. The molecule has 3 heterocycles. The summed E-state index contributed by atoms with van der Waals surface area (Å²) < 4.78 is 17.2. The third kappa shape index (κ3) is 3.54. The minimum Gasteiger partial charge on any atom is -0.497 e. The predicted molar refractivity (Wildman–Crippen MR) is 106 cm³/mol. The molecule has 0 aliphatic carbocycles. The van der Waals surface area contributed by atoms with Crippen LogP contribution in [0.2, 0.25) is 0 Å². The minimum absolute atomic E-state index is 0.219. The molecule has 1 aromatic carbocycles. The number of esters is 1. The number of benzene rings is 1. The van der Waals surface area contributed by atoms with Crippen molar-refractivity contribution < 1.29 is 23.6 Å². The van der Waals surface area contributed by atoms with Crippen molar-refractivity contribution in [2.24, 2.45) is 0 Å². The molecule has 0 saturated carbocycles. The topological polar surface area (TPSA) is 99.7 Å². The summed E-state index contributed by atoms with van der Waals surface area (Å²) in [4.78, 5) is 27.0. The number of rotatable bonds is 5. The largest absolute Gasteiger partial charge is 0.497 e. The molecule has 0 spiro atoms. The number of methoxy groups -OCH3 is 1. The second-order valence-corrected chi connectivity index (χ2v) is 6.90. The van der Waals surface area contributed by atoms with Crippen LogP contribution in [-0.4, -0.2) is 52.0 Å². The highest BCUT2D eigenvalue weighted by Gasteiger charge is 2.32. The number of fused-ring (bicyclic) bond motifs is 1. The van der Waals surface area contributed by atoms with Crippen molar-refractivity contribution in [1.29, 1.82) is 0 Å². The van der Waals surface area contributed by atoms with Crippen LogP contribution in [0.1, 0.15) is 44.9 Å². The second kappa shape index (κ2) is 8.02. The standard InChI is InChI=1S/C21H22N4O5/c1-4-29-21(27)19-16-12-24(20(26)17-11-13(2)30-23-17)10-9-18(16)25(22-19)14-5-7-15(28-3)8-6-14/h5-8,11H,4,9-10,12H2,1-3H3. The molecule has 0 radical (unpaired) electrons. The van der Waals surface area contributed by atoms with Crippen molar-refractivity contribution in [3.8, 4) is 11.4 Å². The third-order valence-electron chi connectivity index (χ3n) is 4.98. The average molecular weight is 410 g/mol. The molecule has 1 amide bonds. The van der Waals surface area contributed by atoms with Crippen LogP contribution in [0.4, 0.5) is 0 Å². The Bertz CT molecular complexity index is 1080. The van der Waals surface area contributed by atoms with Crippen LogP contribution in [0.25, 0.3) is 5.69 Å². The lowest BCUT2D eigenvalue weighted by Crippen LogP contribution is -2.37. The molecule has 0 bridgehead atoms. The van der Waals surface area contributed by atoms with E-state index in [9.17, 15) is 9.59 Å². The summed E-state index contributed by atoms with van der Waals surface area (Å²) in [6.07, 6.45) is 0.538. The van der Waals surface area contributed by atoms with Gasteiger partial charge in [0.15, 0.2) is 11.4 Å². The molecule has 156 valence electrons. The van der Waals surface area contributed by atoms with E-state index in [1.165, 1.54) is 0 Å². The number of carbonyl (C=O) groups is 2. The maximum Gasteiger partial charge on any atom is 0.359 e. The van der Waals surface area contributed by atoms with Crippen LogP contribution in [0.5, 0.6) is 5.75 Å². The number of hydrogen-bond donors (Lipinski definition) is 0. The Kier molecular flexibility index (Phi) is 5.26. The van der Waals surface area contributed by atoms with E-state index in [1.54, 1.807) is 36.6 Å². The van der Waals surface area contributed by atoms with E-state index in [2.05, 4.69) is 10.3 Å². The van der Waals surface area contributed by atoms with E-state index in [-0.39, 0.29) is 30.4 Å². The first-order valence-corrected chi connectivity index (χ1v) is 9.66. The summed E-state index contributed by atoms with van der Waals surface area (Å²) in [5, 5.41) is 8.35. The molecule has 0 unspecified atom stereocenters. The van der Waals surface area contributed by atoms with Gasteiger partial charge < -0.3 is 18.9 Å². The molecule has 0 atom stereocenters. The zero-order valence-electron chi connectivity index (χ0n) is 17.0. The van der Waals surface area contributed by atoms with E-state index in [0.29, 0.717) is 24.3 Å². The molecule has 30 heavy (non-hydrogen) atoms. The van der Waals surface area contributed by atoms with Crippen molar-refractivity contribution in [3.05, 3.63) is 58.7 Å². The SMILES string of the molecule is CCOC(=O)c1nn(-c2ccc(OC)cc2)c2c1CN(C(=O)c1cc(C)on1)CC2. The van der Waals surface area contributed by atoms with Crippen LogP contribution in [0, 0.1) is 6.92 Å². The quantitative estimate of drug-likeness (QED) is 0.596. The lowest BCUT2D eigenvalue weighted by molar-refractivity contribution is 0.0513. The van der Waals surface area contributed by atoms with Crippen molar-refractivity contribution >= 4 is 11.9 Å². The highest BCUT2D eigenvalue weighted by Crippen LogP contribution is 2.27. The summed E-state index contributed by atoms with van der Waals surface area (Å²) >= 11 is 0. The van der Waals surface area contributed by atoms with Gasteiger partial charge in [0.05, 0.1) is 31.6 Å². The first kappa shape index (κ1) is 19.7. The molecular weight excluding hydrogens is 388 g/mol. The molecule has 3 aromatic rings. The minimum atomic E-state index is -0.507. The number of nitrogens with zero attached hydrogens (tertiary/aromatic N) is 4. The van der Waals surface area contributed by atoms with Crippen LogP contribution in [0.15, 0.2) is 34.9 Å². The molecule has 4 rings (SSSR count). The zero-order chi connectivity index (χ0) is 21.3. The smallest absolute Gasteiger partial charge is 0.359 e. The Balaban J connectivity index is 1.71. The number of carbonyl (C=O) groups excluding carboxylic acids is 2. The Morgan fingerprint density at radius 1 is 1.23 bits per heavy atom. The molecule has 1 aliphatic heterocycles. The van der Waals surface area contributed by atoms with Gasteiger partial charge in [-0.1, -0.05) is 5.16 Å². The van der Waals surface area contributed by atoms with Crippen LogP contribution < -0.4 is 4.74 Å². The Hall–Kier alpha value is -3.62. The summed E-state index contributed by atoms with van der Waals surface area (Å²) in [5.41, 5.74) is 2.83. The lowest BCUT2D eigenvalue weighted by atomic mass is 10.0. The van der Waals surface area contributed by atoms with Crippen molar-refractivity contribution in [1.82, 2.24) is 19.8 Å². The maximum absolute atomic E-state index is 12.8. The average Bonchev–Trinajstić information content (AvgIpc) is 3.37. The van der Waals surface area contributed by atoms with Gasteiger partial charge in [-0.2, -0.15) is 5.10 Å². The summed E-state index contributed by atoms with van der Waals surface area (Å²) in [5.74, 6) is 0.540. The monoisotopic (exact) mass is 410 g/mol. The highest BCUT2D eigenvalue weighted by atomic mass is 16.5. The number of aryl methyl sites for hydroxylation is 1. The summed E-state index contributed by atoms with van der Waals surface area (Å²) in [7, 11) is 1.60. The Morgan fingerprint density at radius 3 is 2.63 bits per heavy atom. The van der Waals surface area contributed by atoms with Crippen LogP contribution in [0.3, 0.4) is 0 Å². The molecule has 0 N–H and O–H groups in total. The Labute approximate surface area is 173 Å². The van der Waals surface area contributed by atoms with Gasteiger partial charge in [0.1, 0.15) is 11.5 Å². The normalized spacial score (nSPS) is 13.1. The second-order valence-electron chi connectivity index (χ2n) is 6.90.